The van der Waals surface area contributed by atoms with Gasteiger partial charge in [-0.1, -0.05) is 11.8 Å². The van der Waals surface area contributed by atoms with Crippen LogP contribution >= 0.6 is 22.7 Å². The van der Waals surface area contributed by atoms with E-state index >= 15 is 9.59 Å². The van der Waals surface area contributed by atoms with Crippen molar-refractivity contribution < 1.29 is 18.6 Å². The molecule has 264 valence electrons. The van der Waals surface area contributed by atoms with E-state index in [4.69, 9.17) is 51.4 Å². The van der Waals surface area contributed by atoms with Crippen LogP contribution in [0, 0.1) is 98.8 Å². The predicted octanol–water partition coefficient (Wildman–Crippen LogP) is 3.98. The Morgan fingerprint density at radius 3 is 1.22 bits per heavy atom. The second-order valence-corrected chi connectivity index (χ2v) is 16.1. The lowest BCUT2D eigenvalue weighted by atomic mass is 9.95. The molecule has 0 saturated carbocycles. The van der Waals surface area contributed by atoms with Crippen molar-refractivity contribution in [1.29, 1.82) is 0 Å². The zero-order chi connectivity index (χ0) is 38.4. The number of amides is 2. The smallest absolute Gasteiger partial charge is 0.267 e. The maximum absolute atomic E-state index is 15.2. The minimum Gasteiger partial charge on any atom is -0.305 e. The number of terminal acetylenes is 8. The fourth-order valence-corrected chi connectivity index (χ4v) is 11.5. The van der Waals surface area contributed by atoms with Gasteiger partial charge in [0.05, 0.1) is 71.3 Å². The first-order valence-electron chi connectivity index (χ1n) is 17.4. The Hall–Kier alpha value is -6.18. The largest absolute Gasteiger partial charge is 0.305 e. The van der Waals surface area contributed by atoms with Crippen LogP contribution in [-0.2, 0) is 25.9 Å². The molecular formula is C44H36N6O2S2+2. The molecule has 0 unspecified atom stereocenters. The molecule has 7 rings (SSSR count). The molecule has 0 fully saturated rings. The van der Waals surface area contributed by atoms with Crippen LogP contribution in [0.4, 0.5) is 10.0 Å². The van der Waals surface area contributed by atoms with Crippen molar-refractivity contribution in [3.8, 4) is 98.8 Å². The fourth-order valence-electron chi connectivity index (χ4n) is 8.60. The lowest BCUT2D eigenvalue weighted by Crippen LogP contribution is -2.55. The molecule has 0 saturated heterocycles. The van der Waals surface area contributed by atoms with Crippen molar-refractivity contribution in [2.75, 3.05) is 62.2 Å². The molecule has 2 aromatic heterocycles. The van der Waals surface area contributed by atoms with Gasteiger partial charge in [-0.05, 0) is 34.8 Å². The number of rotatable bonds is 8. The summed E-state index contributed by atoms with van der Waals surface area (Å²) in [5.74, 6) is 22.7. The maximum Gasteiger partial charge on any atom is 0.267 e. The fraction of sp³-hybridized carbons (Fsp3) is 0.318. The second kappa shape index (κ2) is 14.0. The van der Waals surface area contributed by atoms with Gasteiger partial charge in [0, 0.05) is 12.8 Å². The van der Waals surface area contributed by atoms with Crippen molar-refractivity contribution in [3.63, 3.8) is 0 Å². The van der Waals surface area contributed by atoms with Crippen LogP contribution in [0.3, 0.4) is 0 Å². The minimum atomic E-state index is -0.262. The molecule has 0 spiro atoms. The molecule has 0 N–H and O–H groups in total. The number of hydrogen-bond acceptors (Lipinski definition) is 6. The highest BCUT2D eigenvalue weighted by atomic mass is 32.1. The Bertz CT molecular complexity index is 2230. The third-order valence-electron chi connectivity index (χ3n) is 10.8. The maximum atomic E-state index is 15.2. The first-order chi connectivity index (χ1) is 26.2. The number of thiophene rings is 2. The van der Waals surface area contributed by atoms with E-state index in [2.05, 4.69) is 47.4 Å². The van der Waals surface area contributed by atoms with E-state index < -0.39 is 0 Å². The highest BCUT2D eigenvalue weighted by Crippen LogP contribution is 2.54. The molecule has 5 aliphatic heterocycles. The lowest BCUT2D eigenvalue weighted by Gasteiger charge is -2.49. The molecule has 0 bridgehead atoms. The minimum absolute atomic E-state index is 0.0133. The first-order valence-corrected chi connectivity index (χ1v) is 19.0. The SMILES string of the molecule is C#CCC1=C2N(C(=O)c3c(sc4c3CC[N+](CC#C)(CC#C)C4)N2CC#C)C(CC#C)=C2N1C(=O)c1c(sc3c1CC[N+](CC#C)(CC#C)C3)N2CC#C. The Labute approximate surface area is 326 Å². The Morgan fingerprint density at radius 1 is 0.537 bits per heavy atom. The highest BCUT2D eigenvalue weighted by molar-refractivity contribution is 7.17. The van der Waals surface area contributed by atoms with E-state index in [9.17, 15) is 0 Å². The molecule has 10 heteroatoms. The molecule has 0 radical (unpaired) electrons. The zero-order valence-corrected chi connectivity index (χ0v) is 31.5. The van der Waals surface area contributed by atoms with Crippen molar-refractivity contribution >= 4 is 44.5 Å². The van der Waals surface area contributed by atoms with Gasteiger partial charge in [0.25, 0.3) is 11.8 Å². The summed E-state index contributed by atoms with van der Waals surface area (Å²) in [7, 11) is 0. The van der Waals surface area contributed by atoms with Crippen LogP contribution in [0.15, 0.2) is 23.0 Å². The highest BCUT2D eigenvalue weighted by Gasteiger charge is 2.53. The molecular weight excluding hydrogens is 709 g/mol. The standard InChI is InChI=1S/C44H36N6O2S2/c1-9-17-33-39-45(21-11-3)43-38(32-20-28-50(25-15-7,26-16-8)30-36(32)53-43)42(52)48(39)34(18-10-2)40-46(22-12-4)44-37(41(51)47(33)40)31-19-27-49(23-13-5,24-14-6)29-35(31)54-44/h1-8H,17-30H2/q+2. The van der Waals surface area contributed by atoms with Gasteiger partial charge in [-0.25, -0.2) is 0 Å². The molecule has 2 aromatic rings. The van der Waals surface area contributed by atoms with Crippen LogP contribution in [0.5, 0.6) is 0 Å². The molecule has 7 heterocycles. The summed E-state index contributed by atoms with van der Waals surface area (Å²) < 4.78 is 1.07. The van der Waals surface area contributed by atoms with E-state index in [1.165, 1.54) is 22.7 Å². The molecule has 2 amide bonds. The second-order valence-electron chi connectivity index (χ2n) is 13.9. The van der Waals surface area contributed by atoms with Crippen LogP contribution in [0.1, 0.15) is 54.4 Å². The van der Waals surface area contributed by atoms with E-state index in [0.717, 1.165) is 20.9 Å². The Balaban J connectivity index is 1.47. The zero-order valence-electron chi connectivity index (χ0n) is 29.8. The van der Waals surface area contributed by atoms with E-state index in [1.54, 1.807) is 9.80 Å². The first kappa shape index (κ1) is 36.2. The van der Waals surface area contributed by atoms with Gasteiger partial charge in [-0.15, -0.1) is 85.9 Å². The number of anilines is 2. The molecule has 0 aliphatic carbocycles. The van der Waals surface area contributed by atoms with Gasteiger partial charge < -0.3 is 9.80 Å². The average molecular weight is 745 g/mol. The molecule has 54 heavy (non-hydrogen) atoms. The summed E-state index contributed by atoms with van der Waals surface area (Å²) in [5, 5.41) is 1.40. The van der Waals surface area contributed by atoms with Gasteiger partial charge >= 0.3 is 0 Å². The Morgan fingerprint density at radius 2 is 0.907 bits per heavy atom. The van der Waals surface area contributed by atoms with E-state index in [0.29, 0.717) is 118 Å². The summed E-state index contributed by atoms with van der Waals surface area (Å²) >= 11 is 3.02. The number of carbonyl (C=O) groups is 2. The van der Waals surface area contributed by atoms with Gasteiger partial charge in [-0.3, -0.25) is 28.4 Å². The van der Waals surface area contributed by atoms with Gasteiger partial charge in [0.15, 0.2) is 0 Å². The van der Waals surface area contributed by atoms with Crippen molar-refractivity contribution in [3.05, 3.63) is 55.0 Å². The number of quaternary nitrogens is 2. The van der Waals surface area contributed by atoms with Crippen LogP contribution in [0.2, 0.25) is 0 Å². The molecule has 0 aromatic carbocycles. The predicted molar refractivity (Wildman–Crippen MR) is 214 cm³/mol. The van der Waals surface area contributed by atoms with E-state index in [1.807, 2.05) is 9.80 Å². The third-order valence-corrected chi connectivity index (χ3v) is 13.3. The number of nitrogens with zero attached hydrogens (tertiary/aromatic N) is 6. The van der Waals surface area contributed by atoms with Crippen LogP contribution in [0.25, 0.3) is 0 Å². The van der Waals surface area contributed by atoms with Crippen molar-refractivity contribution in [2.24, 2.45) is 0 Å². The van der Waals surface area contributed by atoms with Gasteiger partial charge in [0.1, 0.15) is 60.9 Å². The molecule has 0 atom stereocenters. The monoisotopic (exact) mass is 744 g/mol. The van der Waals surface area contributed by atoms with E-state index in [-0.39, 0.29) is 37.7 Å². The van der Waals surface area contributed by atoms with Crippen LogP contribution in [-0.4, -0.2) is 82.9 Å². The lowest BCUT2D eigenvalue weighted by molar-refractivity contribution is -0.929. The van der Waals surface area contributed by atoms with Crippen molar-refractivity contribution in [1.82, 2.24) is 9.80 Å². The number of carbonyl (C=O) groups excluding carboxylic acids is 2. The summed E-state index contributed by atoms with van der Waals surface area (Å²) in [4.78, 5) is 39.6. The van der Waals surface area contributed by atoms with Gasteiger partial charge in [-0.2, -0.15) is 0 Å². The summed E-state index contributed by atoms with van der Waals surface area (Å²) in [6, 6.07) is 0. The molecule has 8 nitrogen and oxygen atoms in total. The summed E-state index contributed by atoms with van der Waals surface area (Å²) in [5.41, 5.74) is 3.90. The normalized spacial score (nSPS) is 18.4. The molecule has 5 aliphatic rings. The summed E-state index contributed by atoms with van der Waals surface area (Å²) in [6.45, 7) is 4.63. The number of allylic oxidation sites excluding steroid dienone is 2. The average Bonchev–Trinajstić information content (AvgIpc) is 3.71. The Kier molecular flexibility index (Phi) is 9.38. The quantitative estimate of drug-likeness (QED) is 0.304. The third kappa shape index (κ3) is 5.30. The van der Waals surface area contributed by atoms with Crippen molar-refractivity contribution in [2.45, 2.75) is 38.8 Å². The summed E-state index contributed by atoms with van der Waals surface area (Å²) in [6.07, 6.45) is 48.8. The van der Waals surface area contributed by atoms with Crippen LogP contribution < -0.4 is 9.80 Å². The number of hydrogen-bond donors (Lipinski definition) is 0. The van der Waals surface area contributed by atoms with Gasteiger partial charge in [0.2, 0.25) is 0 Å². The number of fused-ring (bicyclic) bond motifs is 8. The topological polar surface area (TPSA) is 47.1 Å².